The Labute approximate surface area is 229 Å². The molecule has 3 aromatic carbocycles. The van der Waals surface area contributed by atoms with Gasteiger partial charge in [0.1, 0.15) is 5.75 Å². The van der Waals surface area contributed by atoms with E-state index in [1.54, 1.807) is 7.11 Å². The van der Waals surface area contributed by atoms with Gasteiger partial charge in [0.2, 0.25) is 5.91 Å². The van der Waals surface area contributed by atoms with Crippen molar-refractivity contribution in [3.05, 3.63) is 102 Å². The molecular weight excluding hydrogens is 488 g/mol. The van der Waals surface area contributed by atoms with Crippen molar-refractivity contribution in [1.29, 1.82) is 0 Å². The van der Waals surface area contributed by atoms with Gasteiger partial charge in [0, 0.05) is 44.4 Å². The fourth-order valence-corrected chi connectivity index (χ4v) is 5.13. The zero-order chi connectivity index (χ0) is 27.2. The van der Waals surface area contributed by atoms with Crippen molar-refractivity contribution in [3.63, 3.8) is 0 Å². The van der Waals surface area contributed by atoms with Crippen LogP contribution in [0.5, 0.6) is 5.75 Å². The molecule has 0 bridgehead atoms. The van der Waals surface area contributed by atoms with Gasteiger partial charge in [0.05, 0.1) is 29.7 Å². The van der Waals surface area contributed by atoms with Crippen molar-refractivity contribution in [3.8, 4) is 22.7 Å². The van der Waals surface area contributed by atoms with Gasteiger partial charge in [0.25, 0.3) is 5.91 Å². The minimum Gasteiger partial charge on any atom is -0.497 e. The van der Waals surface area contributed by atoms with Crippen molar-refractivity contribution in [2.24, 2.45) is 0 Å². The zero-order valence-electron chi connectivity index (χ0n) is 22.4. The molecule has 1 atom stereocenters. The fourth-order valence-electron chi connectivity index (χ4n) is 5.13. The molecule has 5 rings (SSSR count). The lowest BCUT2D eigenvalue weighted by molar-refractivity contribution is -0.115. The highest BCUT2D eigenvalue weighted by molar-refractivity contribution is 6.01. The molecule has 1 aliphatic heterocycles. The zero-order valence-corrected chi connectivity index (χ0v) is 22.4. The SMILES string of the molecule is CCC(=O)Nc1ccc(OC)cc1-n1ccc(C(=O)N2CCNC[C@H]2Cc2ccccc2)c1-c1ccccc1. The van der Waals surface area contributed by atoms with Gasteiger partial charge in [-0.1, -0.05) is 67.6 Å². The summed E-state index contributed by atoms with van der Waals surface area (Å²) in [6, 6.07) is 27.7. The molecule has 1 aromatic heterocycles. The number of amides is 2. The summed E-state index contributed by atoms with van der Waals surface area (Å²) < 4.78 is 7.50. The number of rotatable bonds is 8. The normalized spacial score (nSPS) is 15.1. The van der Waals surface area contributed by atoms with Crippen LogP contribution in [0, 0.1) is 0 Å². The molecule has 0 radical (unpaired) electrons. The molecule has 7 heteroatoms. The van der Waals surface area contributed by atoms with Gasteiger partial charge in [-0.2, -0.15) is 0 Å². The van der Waals surface area contributed by atoms with E-state index in [2.05, 4.69) is 22.8 Å². The standard InChI is InChI=1S/C32H34N4O3/c1-3-30(37)34-28-15-14-26(39-2)21-29(28)36-18-16-27(31(36)24-12-8-5-9-13-24)32(38)35-19-17-33-22-25(35)20-23-10-6-4-7-11-23/h4-16,18,21,25,33H,3,17,19-20,22H2,1-2H3,(H,34,37)/t25-/m1/s1. The topological polar surface area (TPSA) is 75.6 Å². The summed E-state index contributed by atoms with van der Waals surface area (Å²) in [7, 11) is 1.61. The van der Waals surface area contributed by atoms with Crippen molar-refractivity contribution in [1.82, 2.24) is 14.8 Å². The maximum Gasteiger partial charge on any atom is 0.256 e. The Morgan fingerprint density at radius 3 is 2.46 bits per heavy atom. The van der Waals surface area contributed by atoms with Gasteiger partial charge in [-0.05, 0) is 35.7 Å². The third-order valence-corrected chi connectivity index (χ3v) is 7.15. The molecule has 1 aliphatic rings. The van der Waals surface area contributed by atoms with Crippen LogP contribution in [-0.2, 0) is 11.2 Å². The number of carbonyl (C=O) groups is 2. The van der Waals surface area contributed by atoms with E-state index in [-0.39, 0.29) is 17.9 Å². The van der Waals surface area contributed by atoms with Crippen LogP contribution in [0.15, 0.2) is 91.1 Å². The minimum atomic E-state index is -0.0873. The smallest absolute Gasteiger partial charge is 0.256 e. The van der Waals surface area contributed by atoms with Gasteiger partial charge in [-0.3, -0.25) is 9.59 Å². The fraction of sp³-hybridized carbons (Fsp3) is 0.250. The summed E-state index contributed by atoms with van der Waals surface area (Å²) in [5.74, 6) is 0.567. The largest absolute Gasteiger partial charge is 0.497 e. The summed E-state index contributed by atoms with van der Waals surface area (Å²) in [6.45, 7) is 3.94. The van der Waals surface area contributed by atoms with Crippen LogP contribution < -0.4 is 15.4 Å². The summed E-state index contributed by atoms with van der Waals surface area (Å²) in [5, 5.41) is 6.47. The van der Waals surface area contributed by atoms with Gasteiger partial charge in [-0.15, -0.1) is 0 Å². The third kappa shape index (κ3) is 5.73. The molecule has 2 amide bonds. The highest BCUT2D eigenvalue weighted by Crippen LogP contribution is 2.34. The van der Waals surface area contributed by atoms with Gasteiger partial charge in [0.15, 0.2) is 0 Å². The Balaban J connectivity index is 1.59. The van der Waals surface area contributed by atoms with Crippen LogP contribution >= 0.6 is 0 Å². The van der Waals surface area contributed by atoms with E-state index >= 15 is 0 Å². The number of benzene rings is 3. The number of ether oxygens (including phenoxy) is 1. The molecule has 1 saturated heterocycles. The van der Waals surface area contributed by atoms with Crippen LogP contribution in [0.1, 0.15) is 29.3 Å². The maximum atomic E-state index is 14.3. The first kappa shape index (κ1) is 26.3. The molecule has 0 unspecified atom stereocenters. The van der Waals surface area contributed by atoms with Crippen molar-refractivity contribution >= 4 is 17.5 Å². The molecule has 2 heterocycles. The maximum absolute atomic E-state index is 14.3. The molecule has 4 aromatic rings. The van der Waals surface area contributed by atoms with E-state index in [4.69, 9.17) is 4.74 Å². The van der Waals surface area contributed by atoms with Gasteiger partial charge >= 0.3 is 0 Å². The lowest BCUT2D eigenvalue weighted by atomic mass is 10.0. The molecule has 0 saturated carbocycles. The summed E-state index contributed by atoms with van der Waals surface area (Å²) >= 11 is 0. The van der Waals surface area contributed by atoms with Gasteiger partial charge < -0.3 is 24.8 Å². The monoisotopic (exact) mass is 522 g/mol. The number of aromatic nitrogens is 1. The van der Waals surface area contributed by atoms with E-state index in [1.165, 1.54) is 5.56 Å². The number of anilines is 1. The van der Waals surface area contributed by atoms with E-state index in [0.29, 0.717) is 30.0 Å². The predicted molar refractivity (Wildman–Crippen MR) is 155 cm³/mol. The third-order valence-electron chi connectivity index (χ3n) is 7.15. The second-order valence-electron chi connectivity index (χ2n) is 9.65. The lowest BCUT2D eigenvalue weighted by Gasteiger charge is -2.36. The lowest BCUT2D eigenvalue weighted by Crippen LogP contribution is -2.54. The predicted octanol–water partition coefficient (Wildman–Crippen LogP) is 5.16. The Kier molecular flexibility index (Phi) is 8.08. The van der Waals surface area contributed by atoms with Gasteiger partial charge in [-0.25, -0.2) is 0 Å². The quantitative estimate of drug-likeness (QED) is 0.335. The van der Waals surface area contributed by atoms with E-state index < -0.39 is 0 Å². The molecule has 39 heavy (non-hydrogen) atoms. The Bertz CT molecular complexity index is 1430. The van der Waals surface area contributed by atoms with E-state index in [9.17, 15) is 9.59 Å². The van der Waals surface area contributed by atoms with Crippen LogP contribution in [-0.4, -0.2) is 54.1 Å². The highest BCUT2D eigenvalue weighted by Gasteiger charge is 2.31. The molecule has 7 nitrogen and oxygen atoms in total. The first-order valence-corrected chi connectivity index (χ1v) is 13.4. The average molecular weight is 523 g/mol. The Hall–Kier alpha value is -4.36. The van der Waals surface area contributed by atoms with Crippen molar-refractivity contribution < 1.29 is 14.3 Å². The van der Waals surface area contributed by atoms with Crippen LogP contribution in [0.2, 0.25) is 0 Å². The van der Waals surface area contributed by atoms with Crippen LogP contribution in [0.4, 0.5) is 5.69 Å². The first-order valence-electron chi connectivity index (χ1n) is 13.4. The van der Waals surface area contributed by atoms with Crippen LogP contribution in [0.3, 0.4) is 0 Å². The second-order valence-corrected chi connectivity index (χ2v) is 9.65. The molecule has 200 valence electrons. The van der Waals surface area contributed by atoms with Crippen molar-refractivity contribution in [2.75, 3.05) is 32.1 Å². The second kappa shape index (κ2) is 12.0. The molecular formula is C32H34N4O3. The Morgan fingerprint density at radius 1 is 1.00 bits per heavy atom. The Morgan fingerprint density at radius 2 is 1.74 bits per heavy atom. The number of methoxy groups -OCH3 is 1. The van der Waals surface area contributed by atoms with Crippen molar-refractivity contribution in [2.45, 2.75) is 25.8 Å². The summed E-state index contributed by atoms with van der Waals surface area (Å²) in [6.07, 6.45) is 3.04. The van der Waals surface area contributed by atoms with E-state index in [1.807, 2.05) is 95.4 Å². The summed E-state index contributed by atoms with van der Waals surface area (Å²) in [5.41, 5.74) is 4.90. The molecule has 2 N–H and O–H groups in total. The number of hydrogen-bond acceptors (Lipinski definition) is 4. The molecule has 1 fully saturated rings. The number of nitrogens with one attached hydrogen (secondary N) is 2. The van der Waals surface area contributed by atoms with Crippen LogP contribution in [0.25, 0.3) is 16.9 Å². The number of carbonyl (C=O) groups excluding carboxylic acids is 2. The molecule has 0 spiro atoms. The minimum absolute atomic E-state index is 0.00271. The summed E-state index contributed by atoms with van der Waals surface area (Å²) in [4.78, 5) is 28.6. The number of piperazine rings is 1. The van der Waals surface area contributed by atoms with E-state index in [0.717, 1.165) is 36.5 Å². The molecule has 0 aliphatic carbocycles. The average Bonchev–Trinajstić information content (AvgIpc) is 3.43. The first-order chi connectivity index (χ1) is 19.1. The number of nitrogens with zero attached hydrogens (tertiary/aromatic N) is 2. The number of hydrogen-bond donors (Lipinski definition) is 2. The highest BCUT2D eigenvalue weighted by atomic mass is 16.5.